The van der Waals surface area contributed by atoms with E-state index in [1.807, 2.05) is 0 Å². The van der Waals surface area contributed by atoms with Crippen molar-refractivity contribution < 1.29 is 9.50 Å². The Balaban J connectivity index is 2.22. The highest BCUT2D eigenvalue weighted by molar-refractivity contribution is 5.83. The van der Waals surface area contributed by atoms with Crippen molar-refractivity contribution >= 4 is 16.7 Å². The highest BCUT2D eigenvalue weighted by Crippen LogP contribution is 2.27. The molecule has 4 nitrogen and oxygen atoms in total. The molecule has 0 amide bonds. The van der Waals surface area contributed by atoms with E-state index < -0.39 is 0 Å². The number of phenolic OH excluding ortho intramolecular Hbond substituents is 1. The van der Waals surface area contributed by atoms with E-state index in [2.05, 4.69) is 9.97 Å². The second-order valence-electron chi connectivity index (χ2n) is 4.02. The lowest BCUT2D eigenvalue weighted by Crippen LogP contribution is -1.92. The van der Waals surface area contributed by atoms with Crippen LogP contribution in [0.1, 0.15) is 0 Å². The maximum atomic E-state index is 13.2. The lowest BCUT2D eigenvalue weighted by molar-refractivity contribution is 0.476. The van der Waals surface area contributed by atoms with Crippen molar-refractivity contribution in [2.75, 3.05) is 5.73 Å². The number of imidazole rings is 1. The second kappa shape index (κ2) is 3.73. The van der Waals surface area contributed by atoms with E-state index in [4.69, 9.17) is 5.73 Å². The number of rotatable bonds is 1. The Labute approximate surface area is 102 Å². The van der Waals surface area contributed by atoms with Gasteiger partial charge in [0.2, 0.25) is 0 Å². The van der Waals surface area contributed by atoms with Gasteiger partial charge in [0, 0.05) is 17.3 Å². The Morgan fingerprint density at radius 2 is 2.00 bits per heavy atom. The number of nitrogens with one attached hydrogen (secondary N) is 1. The maximum absolute atomic E-state index is 13.2. The molecule has 18 heavy (non-hydrogen) atoms. The molecule has 2 aromatic carbocycles. The van der Waals surface area contributed by atoms with Crippen molar-refractivity contribution in [3.63, 3.8) is 0 Å². The van der Waals surface area contributed by atoms with Crippen LogP contribution in [0.3, 0.4) is 0 Å². The molecule has 0 aliphatic rings. The Hall–Kier alpha value is -2.56. The van der Waals surface area contributed by atoms with E-state index in [0.717, 1.165) is 0 Å². The summed E-state index contributed by atoms with van der Waals surface area (Å²) in [6.45, 7) is 0. The number of anilines is 1. The maximum Gasteiger partial charge on any atom is 0.140 e. The monoisotopic (exact) mass is 243 g/mol. The normalized spacial score (nSPS) is 10.9. The molecule has 1 aromatic heterocycles. The Kier molecular flexibility index (Phi) is 2.19. The van der Waals surface area contributed by atoms with Gasteiger partial charge in [-0.2, -0.15) is 0 Å². The fourth-order valence-corrected chi connectivity index (χ4v) is 1.86. The van der Waals surface area contributed by atoms with Crippen LogP contribution in [0, 0.1) is 5.82 Å². The number of H-pyrrole nitrogens is 1. The minimum Gasteiger partial charge on any atom is -0.508 e. The molecule has 1 heterocycles. The summed E-state index contributed by atoms with van der Waals surface area (Å²) in [7, 11) is 0. The molecule has 0 saturated heterocycles. The minimum atomic E-state index is -0.373. The van der Waals surface area contributed by atoms with Crippen molar-refractivity contribution in [2.45, 2.75) is 0 Å². The molecule has 0 radical (unpaired) electrons. The van der Waals surface area contributed by atoms with Gasteiger partial charge in [0.15, 0.2) is 0 Å². The Morgan fingerprint density at radius 1 is 1.17 bits per heavy atom. The van der Waals surface area contributed by atoms with Gasteiger partial charge in [0.1, 0.15) is 17.4 Å². The number of phenols is 1. The summed E-state index contributed by atoms with van der Waals surface area (Å²) in [5.74, 6) is 0.250. The van der Waals surface area contributed by atoms with E-state index in [0.29, 0.717) is 28.1 Å². The molecule has 0 aliphatic heterocycles. The number of benzene rings is 2. The van der Waals surface area contributed by atoms with Crippen molar-refractivity contribution in [3.05, 3.63) is 42.2 Å². The van der Waals surface area contributed by atoms with Crippen LogP contribution in [0.2, 0.25) is 0 Å². The average molecular weight is 243 g/mol. The fraction of sp³-hybridized carbons (Fsp3) is 0. The van der Waals surface area contributed by atoms with Crippen LogP contribution in [0.5, 0.6) is 5.75 Å². The predicted octanol–water partition coefficient (Wildman–Crippen LogP) is 2.66. The first-order chi connectivity index (χ1) is 8.63. The standard InChI is InChI=1S/C13H10FN3O/c14-7-1-3-10(15)9(5-7)13-16-11-4-2-8(18)6-12(11)17-13/h1-6,18H,15H2,(H,16,17). The molecule has 4 N–H and O–H groups in total. The molecular weight excluding hydrogens is 233 g/mol. The Morgan fingerprint density at radius 3 is 2.83 bits per heavy atom. The number of aromatic amines is 1. The molecule has 0 atom stereocenters. The third-order valence-electron chi connectivity index (χ3n) is 2.74. The molecule has 0 unspecified atom stereocenters. The van der Waals surface area contributed by atoms with Crippen LogP contribution in [0.4, 0.5) is 10.1 Å². The number of nitrogen functional groups attached to an aromatic ring is 1. The van der Waals surface area contributed by atoms with E-state index in [9.17, 15) is 9.50 Å². The minimum absolute atomic E-state index is 0.143. The van der Waals surface area contributed by atoms with Gasteiger partial charge in [0.25, 0.3) is 0 Å². The number of nitrogens with zero attached hydrogens (tertiary/aromatic N) is 1. The van der Waals surface area contributed by atoms with Crippen LogP contribution < -0.4 is 5.73 Å². The SMILES string of the molecule is Nc1ccc(F)cc1-c1nc2ccc(O)cc2[nH]1. The quantitative estimate of drug-likeness (QED) is 0.575. The largest absolute Gasteiger partial charge is 0.508 e. The van der Waals surface area contributed by atoms with E-state index in [1.165, 1.54) is 18.2 Å². The summed E-state index contributed by atoms with van der Waals surface area (Å²) in [4.78, 5) is 7.32. The first-order valence-electron chi connectivity index (χ1n) is 5.37. The molecule has 0 saturated carbocycles. The molecule has 0 aliphatic carbocycles. The van der Waals surface area contributed by atoms with Gasteiger partial charge in [-0.1, -0.05) is 0 Å². The first kappa shape index (κ1) is 10.6. The van der Waals surface area contributed by atoms with Crippen LogP contribution in [0.25, 0.3) is 22.4 Å². The lowest BCUT2D eigenvalue weighted by atomic mass is 10.1. The molecule has 0 bridgehead atoms. The van der Waals surface area contributed by atoms with Crippen molar-refractivity contribution in [1.29, 1.82) is 0 Å². The summed E-state index contributed by atoms with van der Waals surface area (Å²) in [5.41, 5.74) is 8.11. The number of hydrogen-bond donors (Lipinski definition) is 3. The third kappa shape index (κ3) is 1.66. The molecule has 3 rings (SSSR count). The average Bonchev–Trinajstić information content (AvgIpc) is 2.74. The van der Waals surface area contributed by atoms with E-state index >= 15 is 0 Å². The molecular formula is C13H10FN3O. The van der Waals surface area contributed by atoms with Gasteiger partial charge in [-0.3, -0.25) is 0 Å². The number of hydrogen-bond acceptors (Lipinski definition) is 3. The first-order valence-corrected chi connectivity index (χ1v) is 5.37. The zero-order chi connectivity index (χ0) is 12.7. The number of aromatic hydroxyl groups is 1. The zero-order valence-corrected chi connectivity index (χ0v) is 9.31. The van der Waals surface area contributed by atoms with E-state index in [-0.39, 0.29) is 11.6 Å². The summed E-state index contributed by atoms with van der Waals surface area (Å²) in [6, 6.07) is 8.90. The van der Waals surface area contributed by atoms with Gasteiger partial charge >= 0.3 is 0 Å². The zero-order valence-electron chi connectivity index (χ0n) is 9.31. The summed E-state index contributed by atoms with van der Waals surface area (Å²) >= 11 is 0. The molecule has 90 valence electrons. The van der Waals surface area contributed by atoms with Gasteiger partial charge in [-0.05, 0) is 30.3 Å². The molecule has 0 fully saturated rings. The second-order valence-corrected chi connectivity index (χ2v) is 4.02. The van der Waals surface area contributed by atoms with Crippen molar-refractivity contribution in [2.24, 2.45) is 0 Å². The van der Waals surface area contributed by atoms with Gasteiger partial charge < -0.3 is 15.8 Å². The van der Waals surface area contributed by atoms with Crippen molar-refractivity contribution in [1.82, 2.24) is 9.97 Å². The number of aromatic nitrogens is 2. The number of halogens is 1. The number of fused-ring (bicyclic) bond motifs is 1. The summed E-state index contributed by atoms with van der Waals surface area (Å²) in [6.07, 6.45) is 0. The summed E-state index contributed by atoms with van der Waals surface area (Å²) in [5, 5.41) is 9.38. The highest BCUT2D eigenvalue weighted by Gasteiger charge is 2.09. The van der Waals surface area contributed by atoms with Crippen LogP contribution in [0.15, 0.2) is 36.4 Å². The lowest BCUT2D eigenvalue weighted by Gasteiger charge is -2.01. The van der Waals surface area contributed by atoms with Crippen LogP contribution in [-0.2, 0) is 0 Å². The predicted molar refractivity (Wildman–Crippen MR) is 67.6 cm³/mol. The topological polar surface area (TPSA) is 74.9 Å². The molecule has 0 spiro atoms. The molecule has 3 aromatic rings. The summed E-state index contributed by atoms with van der Waals surface area (Å²) < 4.78 is 13.2. The van der Waals surface area contributed by atoms with Crippen molar-refractivity contribution in [3.8, 4) is 17.1 Å². The number of nitrogens with two attached hydrogens (primary N) is 1. The van der Waals surface area contributed by atoms with Gasteiger partial charge in [-0.15, -0.1) is 0 Å². The van der Waals surface area contributed by atoms with Crippen LogP contribution in [-0.4, -0.2) is 15.1 Å². The van der Waals surface area contributed by atoms with Crippen LogP contribution >= 0.6 is 0 Å². The smallest absolute Gasteiger partial charge is 0.140 e. The van der Waals surface area contributed by atoms with Gasteiger partial charge in [-0.25, -0.2) is 9.37 Å². The third-order valence-corrected chi connectivity index (χ3v) is 2.74. The van der Waals surface area contributed by atoms with Gasteiger partial charge in [0.05, 0.1) is 11.0 Å². The highest BCUT2D eigenvalue weighted by atomic mass is 19.1. The van der Waals surface area contributed by atoms with E-state index in [1.54, 1.807) is 18.2 Å². The fourth-order valence-electron chi connectivity index (χ4n) is 1.86. The molecule has 5 heteroatoms. The Bertz CT molecular complexity index is 736.